The first-order valence-corrected chi connectivity index (χ1v) is 7.91. The van der Waals surface area contributed by atoms with E-state index >= 15 is 0 Å². The summed E-state index contributed by atoms with van der Waals surface area (Å²) in [6.45, 7) is 10.4. The molecular weight excluding hydrogens is 286 g/mol. The Morgan fingerprint density at radius 2 is 1.78 bits per heavy atom. The van der Waals surface area contributed by atoms with E-state index in [1.54, 1.807) is 0 Å². The molecule has 1 heterocycles. The number of nitrogens with zero attached hydrogens (tertiary/aromatic N) is 1. The molecule has 1 aromatic rings. The quantitative estimate of drug-likeness (QED) is 0.753. The smallest absolute Gasteiger partial charge is 0.0238 e. The SMILES string of the molecule is Cc1cccc(C)c1CN1CCC(C(C)Br)CC1. The lowest BCUT2D eigenvalue weighted by atomic mass is 9.93. The van der Waals surface area contributed by atoms with Gasteiger partial charge >= 0.3 is 0 Å². The second-order valence-electron chi connectivity index (χ2n) is 5.66. The number of alkyl halides is 1. The van der Waals surface area contributed by atoms with Crippen molar-refractivity contribution in [2.24, 2.45) is 5.92 Å². The highest BCUT2D eigenvalue weighted by molar-refractivity contribution is 9.09. The number of aryl methyl sites for hydroxylation is 2. The number of piperidine rings is 1. The molecule has 2 heteroatoms. The maximum atomic E-state index is 3.73. The Morgan fingerprint density at radius 1 is 1.22 bits per heavy atom. The molecule has 1 nitrogen and oxygen atoms in total. The van der Waals surface area contributed by atoms with Crippen LogP contribution in [0, 0.1) is 19.8 Å². The lowest BCUT2D eigenvalue weighted by Crippen LogP contribution is -2.35. The van der Waals surface area contributed by atoms with Crippen molar-refractivity contribution in [3.05, 3.63) is 34.9 Å². The fourth-order valence-electron chi connectivity index (χ4n) is 2.89. The zero-order valence-electron chi connectivity index (χ0n) is 11.7. The maximum Gasteiger partial charge on any atom is 0.0238 e. The Bertz CT molecular complexity index is 372. The number of hydrogen-bond donors (Lipinski definition) is 0. The second kappa shape index (κ2) is 6.21. The van der Waals surface area contributed by atoms with Gasteiger partial charge in [-0.1, -0.05) is 41.1 Å². The first kappa shape index (κ1) is 14.1. The molecule has 18 heavy (non-hydrogen) atoms. The Morgan fingerprint density at radius 3 is 2.28 bits per heavy atom. The Hall–Kier alpha value is -0.340. The topological polar surface area (TPSA) is 3.24 Å². The van der Waals surface area contributed by atoms with Gasteiger partial charge in [-0.25, -0.2) is 0 Å². The lowest BCUT2D eigenvalue weighted by Gasteiger charge is -2.33. The van der Waals surface area contributed by atoms with Crippen LogP contribution in [0.1, 0.15) is 36.5 Å². The van der Waals surface area contributed by atoms with Gasteiger partial charge in [-0.15, -0.1) is 0 Å². The van der Waals surface area contributed by atoms with Gasteiger partial charge in [-0.05, 0) is 62.4 Å². The van der Waals surface area contributed by atoms with Crippen LogP contribution in [0.4, 0.5) is 0 Å². The van der Waals surface area contributed by atoms with Crippen LogP contribution in [0.25, 0.3) is 0 Å². The van der Waals surface area contributed by atoms with Crippen molar-refractivity contribution in [2.45, 2.75) is 45.0 Å². The van der Waals surface area contributed by atoms with E-state index in [4.69, 9.17) is 0 Å². The summed E-state index contributed by atoms with van der Waals surface area (Å²) < 4.78 is 0. The van der Waals surface area contributed by atoms with Crippen molar-refractivity contribution < 1.29 is 0 Å². The molecule has 0 N–H and O–H groups in total. The van der Waals surface area contributed by atoms with Gasteiger partial charge in [0.25, 0.3) is 0 Å². The fourth-order valence-corrected chi connectivity index (χ4v) is 3.42. The minimum Gasteiger partial charge on any atom is -0.299 e. The van der Waals surface area contributed by atoms with Crippen LogP contribution < -0.4 is 0 Å². The van der Waals surface area contributed by atoms with Crippen molar-refractivity contribution in [3.8, 4) is 0 Å². The number of halogens is 1. The summed E-state index contributed by atoms with van der Waals surface area (Å²) in [6.07, 6.45) is 2.66. The molecule has 0 bridgehead atoms. The molecule has 1 aliphatic heterocycles. The first-order valence-electron chi connectivity index (χ1n) is 6.99. The maximum absolute atomic E-state index is 3.73. The Balaban J connectivity index is 1.96. The predicted octanol–water partition coefficient (Wildman–Crippen LogP) is 4.30. The standard InChI is InChI=1S/C16H24BrN/c1-12-5-4-6-13(2)16(12)11-18-9-7-15(8-10-18)14(3)17/h4-6,14-15H,7-11H2,1-3H3. The van der Waals surface area contributed by atoms with Crippen molar-refractivity contribution >= 4 is 15.9 Å². The highest BCUT2D eigenvalue weighted by Crippen LogP contribution is 2.26. The number of likely N-dealkylation sites (tertiary alicyclic amines) is 1. The molecule has 0 radical (unpaired) electrons. The van der Waals surface area contributed by atoms with E-state index in [-0.39, 0.29) is 0 Å². The summed E-state index contributed by atoms with van der Waals surface area (Å²) >= 11 is 3.73. The normalized spacial score (nSPS) is 20.0. The molecule has 2 rings (SSSR count). The van der Waals surface area contributed by atoms with Crippen LogP contribution in [0.5, 0.6) is 0 Å². The van der Waals surface area contributed by atoms with E-state index in [1.807, 2.05) is 0 Å². The lowest BCUT2D eigenvalue weighted by molar-refractivity contribution is 0.178. The van der Waals surface area contributed by atoms with Gasteiger partial charge in [0.15, 0.2) is 0 Å². The van der Waals surface area contributed by atoms with Crippen molar-refractivity contribution in [1.29, 1.82) is 0 Å². The van der Waals surface area contributed by atoms with E-state index in [0.717, 1.165) is 12.5 Å². The van der Waals surface area contributed by atoms with Gasteiger partial charge in [0.2, 0.25) is 0 Å². The third kappa shape index (κ3) is 3.36. The number of benzene rings is 1. The summed E-state index contributed by atoms with van der Waals surface area (Å²) in [5.41, 5.74) is 4.40. The summed E-state index contributed by atoms with van der Waals surface area (Å²) in [6, 6.07) is 6.62. The molecule has 0 amide bonds. The number of rotatable bonds is 3. The number of hydrogen-bond acceptors (Lipinski definition) is 1. The average molecular weight is 310 g/mol. The van der Waals surface area contributed by atoms with E-state index in [1.165, 1.54) is 42.6 Å². The Labute approximate surface area is 120 Å². The molecule has 0 aliphatic carbocycles. The summed E-state index contributed by atoms with van der Waals surface area (Å²) in [4.78, 5) is 3.28. The van der Waals surface area contributed by atoms with E-state index < -0.39 is 0 Å². The van der Waals surface area contributed by atoms with Crippen LogP contribution in [0.3, 0.4) is 0 Å². The average Bonchev–Trinajstić information content (AvgIpc) is 2.34. The minimum atomic E-state index is 0.667. The monoisotopic (exact) mass is 309 g/mol. The molecule has 0 aromatic heterocycles. The molecule has 1 aliphatic rings. The molecular formula is C16H24BrN. The van der Waals surface area contributed by atoms with E-state index in [9.17, 15) is 0 Å². The van der Waals surface area contributed by atoms with E-state index in [2.05, 4.69) is 59.8 Å². The van der Waals surface area contributed by atoms with Gasteiger partial charge < -0.3 is 0 Å². The van der Waals surface area contributed by atoms with Crippen LogP contribution in [0.2, 0.25) is 0 Å². The van der Waals surface area contributed by atoms with Gasteiger partial charge in [0.1, 0.15) is 0 Å². The third-order valence-corrected chi connectivity index (χ3v) is 5.06. The molecule has 1 atom stereocenters. The van der Waals surface area contributed by atoms with Gasteiger partial charge in [-0.3, -0.25) is 4.90 Å². The van der Waals surface area contributed by atoms with Gasteiger partial charge in [0, 0.05) is 11.4 Å². The van der Waals surface area contributed by atoms with Crippen molar-refractivity contribution in [3.63, 3.8) is 0 Å². The van der Waals surface area contributed by atoms with Crippen molar-refractivity contribution in [1.82, 2.24) is 4.90 Å². The molecule has 1 unspecified atom stereocenters. The molecule has 1 saturated heterocycles. The van der Waals surface area contributed by atoms with Crippen LogP contribution >= 0.6 is 15.9 Å². The molecule has 1 fully saturated rings. The molecule has 0 saturated carbocycles. The predicted molar refractivity (Wildman–Crippen MR) is 82.3 cm³/mol. The first-order chi connectivity index (χ1) is 8.58. The zero-order chi connectivity index (χ0) is 13.1. The van der Waals surface area contributed by atoms with Gasteiger partial charge in [-0.2, -0.15) is 0 Å². The Kier molecular flexibility index (Phi) is 4.85. The summed E-state index contributed by atoms with van der Waals surface area (Å²) in [5, 5.41) is 0. The highest BCUT2D eigenvalue weighted by Gasteiger charge is 2.22. The largest absolute Gasteiger partial charge is 0.299 e. The summed E-state index contributed by atoms with van der Waals surface area (Å²) in [7, 11) is 0. The fraction of sp³-hybridized carbons (Fsp3) is 0.625. The summed E-state index contributed by atoms with van der Waals surface area (Å²) in [5.74, 6) is 0.860. The second-order valence-corrected chi connectivity index (χ2v) is 7.11. The molecule has 100 valence electrons. The van der Waals surface area contributed by atoms with Crippen LogP contribution in [0.15, 0.2) is 18.2 Å². The molecule has 0 spiro atoms. The molecule has 1 aromatic carbocycles. The van der Waals surface area contributed by atoms with Crippen LogP contribution in [-0.4, -0.2) is 22.8 Å². The van der Waals surface area contributed by atoms with Crippen molar-refractivity contribution in [2.75, 3.05) is 13.1 Å². The third-order valence-electron chi connectivity index (χ3n) is 4.31. The zero-order valence-corrected chi connectivity index (χ0v) is 13.3. The minimum absolute atomic E-state index is 0.667. The van der Waals surface area contributed by atoms with Crippen LogP contribution in [-0.2, 0) is 6.54 Å². The highest BCUT2D eigenvalue weighted by atomic mass is 79.9. The van der Waals surface area contributed by atoms with E-state index in [0.29, 0.717) is 4.83 Å². The van der Waals surface area contributed by atoms with Gasteiger partial charge in [0.05, 0.1) is 0 Å².